The Balaban J connectivity index is 1.89. The lowest BCUT2D eigenvalue weighted by Crippen LogP contribution is -2.48. The van der Waals surface area contributed by atoms with E-state index in [0.29, 0.717) is 19.3 Å². The lowest BCUT2D eigenvalue weighted by Gasteiger charge is -2.50. The monoisotopic (exact) mass is 356 g/mol. The third kappa shape index (κ3) is 3.67. The predicted molar refractivity (Wildman–Crippen MR) is 90.6 cm³/mol. The number of aryl methyl sites for hydroxylation is 1. The van der Waals surface area contributed by atoms with Crippen molar-refractivity contribution in [3.05, 3.63) is 29.3 Å². The third-order valence-corrected chi connectivity index (χ3v) is 6.57. The largest absolute Gasteiger partial charge is 0.508 e. The second-order valence-corrected chi connectivity index (χ2v) is 7.98. The molecule has 0 radical (unpaired) electrons. The molecule has 3 rings (SSSR count). The van der Waals surface area contributed by atoms with E-state index in [1.165, 1.54) is 5.56 Å². The Bertz CT molecular complexity index is 628. The number of hydrogen-bond acceptors (Lipinski definition) is 2. The van der Waals surface area contributed by atoms with E-state index in [1.807, 2.05) is 12.1 Å². The highest BCUT2D eigenvalue weighted by molar-refractivity contribution is 5.42. The van der Waals surface area contributed by atoms with Gasteiger partial charge in [-0.05, 0) is 86.0 Å². The maximum Gasteiger partial charge on any atom is 0.389 e. The number of aromatic hydroxyl groups is 1. The average Bonchev–Trinajstić information content (AvgIpc) is 2.68. The van der Waals surface area contributed by atoms with Crippen LogP contribution in [-0.4, -0.2) is 22.0 Å². The van der Waals surface area contributed by atoms with Gasteiger partial charge in [-0.2, -0.15) is 13.2 Å². The summed E-state index contributed by atoms with van der Waals surface area (Å²) in [5, 5.41) is 20.6. The summed E-state index contributed by atoms with van der Waals surface area (Å²) < 4.78 is 37.9. The standard InChI is InChI=1S/C20H27F3O2/c1-2-19-10-8-18(25,9-11-20(21,22)23)13-15(19)5-3-4-14-12-16(24)6-7-17(14)19/h6-7,12,15,24-25H,2-5,8-11,13H2,1H3/t15-,18-,19+/m0/s1. The first-order valence-corrected chi connectivity index (χ1v) is 9.29. The fourth-order valence-corrected chi connectivity index (χ4v) is 5.22. The molecule has 2 aliphatic rings. The molecule has 25 heavy (non-hydrogen) atoms. The molecule has 0 bridgehead atoms. The van der Waals surface area contributed by atoms with E-state index in [0.717, 1.165) is 31.2 Å². The smallest absolute Gasteiger partial charge is 0.389 e. The second kappa shape index (κ2) is 6.49. The Morgan fingerprint density at radius 2 is 2.00 bits per heavy atom. The molecule has 0 aliphatic heterocycles. The molecule has 3 atom stereocenters. The first-order chi connectivity index (χ1) is 11.7. The van der Waals surface area contributed by atoms with Gasteiger partial charge in [0.2, 0.25) is 0 Å². The Morgan fingerprint density at radius 1 is 1.24 bits per heavy atom. The second-order valence-electron chi connectivity index (χ2n) is 7.98. The number of alkyl halides is 3. The molecule has 0 spiro atoms. The van der Waals surface area contributed by atoms with Gasteiger partial charge in [-0.25, -0.2) is 0 Å². The minimum atomic E-state index is -4.22. The number of hydrogen-bond donors (Lipinski definition) is 2. The molecule has 0 saturated heterocycles. The molecule has 0 aromatic heterocycles. The summed E-state index contributed by atoms with van der Waals surface area (Å²) >= 11 is 0. The van der Waals surface area contributed by atoms with Gasteiger partial charge in [0.1, 0.15) is 5.75 Å². The van der Waals surface area contributed by atoms with Crippen molar-refractivity contribution in [2.24, 2.45) is 5.92 Å². The van der Waals surface area contributed by atoms with Crippen molar-refractivity contribution < 1.29 is 23.4 Å². The quantitative estimate of drug-likeness (QED) is 0.776. The van der Waals surface area contributed by atoms with Gasteiger partial charge in [0.15, 0.2) is 0 Å². The summed E-state index contributed by atoms with van der Waals surface area (Å²) in [6.45, 7) is 2.13. The zero-order chi connectivity index (χ0) is 18.3. The zero-order valence-corrected chi connectivity index (χ0v) is 14.7. The van der Waals surface area contributed by atoms with E-state index < -0.39 is 18.2 Å². The van der Waals surface area contributed by atoms with Gasteiger partial charge in [-0.3, -0.25) is 0 Å². The summed E-state index contributed by atoms with van der Waals surface area (Å²) in [5.41, 5.74) is 1.09. The van der Waals surface area contributed by atoms with Crippen molar-refractivity contribution in [3.63, 3.8) is 0 Å². The highest BCUT2D eigenvalue weighted by Gasteiger charge is 2.50. The van der Waals surface area contributed by atoms with Crippen LogP contribution >= 0.6 is 0 Å². The van der Waals surface area contributed by atoms with Crippen LogP contribution in [0.1, 0.15) is 69.4 Å². The molecule has 2 N–H and O–H groups in total. The molecule has 1 aromatic carbocycles. The number of halogens is 3. The van der Waals surface area contributed by atoms with Gasteiger partial charge >= 0.3 is 6.18 Å². The third-order valence-electron chi connectivity index (χ3n) is 6.57. The van der Waals surface area contributed by atoms with Crippen molar-refractivity contribution >= 4 is 0 Å². The van der Waals surface area contributed by atoms with Crippen LogP contribution in [-0.2, 0) is 11.8 Å². The van der Waals surface area contributed by atoms with E-state index >= 15 is 0 Å². The Kier molecular flexibility index (Phi) is 4.82. The van der Waals surface area contributed by atoms with Crippen LogP contribution in [0.3, 0.4) is 0 Å². The number of aliphatic hydroxyl groups is 1. The van der Waals surface area contributed by atoms with Crippen molar-refractivity contribution in [2.45, 2.75) is 81.9 Å². The van der Waals surface area contributed by atoms with Gasteiger partial charge < -0.3 is 10.2 Å². The molecule has 140 valence electrons. The number of phenols is 1. The van der Waals surface area contributed by atoms with Crippen LogP contribution in [0, 0.1) is 5.92 Å². The average molecular weight is 356 g/mol. The number of phenolic OH excluding ortho intramolecular Hbond substituents is 1. The van der Waals surface area contributed by atoms with Crippen LogP contribution in [0.2, 0.25) is 0 Å². The van der Waals surface area contributed by atoms with Gasteiger partial charge in [0.05, 0.1) is 5.60 Å². The van der Waals surface area contributed by atoms with Crippen LogP contribution < -0.4 is 0 Å². The first-order valence-electron chi connectivity index (χ1n) is 9.29. The van der Waals surface area contributed by atoms with E-state index in [2.05, 4.69) is 6.92 Å². The molecular weight excluding hydrogens is 329 g/mol. The minimum absolute atomic E-state index is 0.0933. The predicted octanol–water partition coefficient (Wildman–Crippen LogP) is 5.25. The molecule has 0 unspecified atom stereocenters. The lowest BCUT2D eigenvalue weighted by molar-refractivity contribution is -0.153. The fraction of sp³-hybridized carbons (Fsp3) is 0.700. The molecular formula is C20H27F3O2. The Morgan fingerprint density at radius 3 is 2.68 bits per heavy atom. The van der Waals surface area contributed by atoms with Crippen molar-refractivity contribution in [2.75, 3.05) is 0 Å². The maximum atomic E-state index is 12.6. The summed E-state index contributed by atoms with van der Waals surface area (Å²) in [4.78, 5) is 0. The van der Waals surface area contributed by atoms with E-state index in [1.54, 1.807) is 6.07 Å². The fourth-order valence-electron chi connectivity index (χ4n) is 5.22. The zero-order valence-electron chi connectivity index (χ0n) is 14.7. The van der Waals surface area contributed by atoms with Crippen LogP contribution in [0.5, 0.6) is 5.75 Å². The maximum absolute atomic E-state index is 12.6. The summed E-state index contributed by atoms with van der Waals surface area (Å²) in [5.74, 6) is 0.455. The van der Waals surface area contributed by atoms with E-state index in [9.17, 15) is 23.4 Å². The highest BCUT2D eigenvalue weighted by Crippen LogP contribution is 2.54. The van der Waals surface area contributed by atoms with Crippen LogP contribution in [0.4, 0.5) is 13.2 Å². The van der Waals surface area contributed by atoms with Crippen molar-refractivity contribution in [3.8, 4) is 5.75 Å². The molecule has 1 fully saturated rings. The molecule has 2 nitrogen and oxygen atoms in total. The normalized spacial score (nSPS) is 32.6. The van der Waals surface area contributed by atoms with Crippen molar-refractivity contribution in [1.29, 1.82) is 0 Å². The molecule has 5 heteroatoms. The summed E-state index contributed by atoms with van der Waals surface area (Å²) in [6, 6.07) is 5.54. The molecule has 2 aliphatic carbocycles. The van der Waals surface area contributed by atoms with Crippen molar-refractivity contribution in [1.82, 2.24) is 0 Å². The number of fused-ring (bicyclic) bond motifs is 3. The molecule has 0 heterocycles. The van der Waals surface area contributed by atoms with Gasteiger partial charge in [0, 0.05) is 6.42 Å². The van der Waals surface area contributed by atoms with Gasteiger partial charge in [0.25, 0.3) is 0 Å². The lowest BCUT2D eigenvalue weighted by atomic mass is 9.56. The Labute approximate surface area is 147 Å². The molecule has 1 aromatic rings. The van der Waals surface area contributed by atoms with Gasteiger partial charge in [-0.15, -0.1) is 0 Å². The molecule has 1 saturated carbocycles. The number of benzene rings is 1. The molecule has 0 amide bonds. The van der Waals surface area contributed by atoms with Crippen LogP contribution in [0.25, 0.3) is 0 Å². The highest BCUT2D eigenvalue weighted by atomic mass is 19.4. The van der Waals surface area contributed by atoms with Gasteiger partial charge in [-0.1, -0.05) is 13.0 Å². The van der Waals surface area contributed by atoms with Crippen LogP contribution in [0.15, 0.2) is 18.2 Å². The minimum Gasteiger partial charge on any atom is -0.508 e. The van der Waals surface area contributed by atoms with E-state index in [4.69, 9.17) is 0 Å². The summed E-state index contributed by atoms with van der Waals surface area (Å²) in [6.07, 6.45) is -0.132. The SMILES string of the molecule is CC[C@@]12CC[C@](O)(CCC(F)(F)F)C[C@@H]1CCCc1cc(O)ccc12. The van der Waals surface area contributed by atoms with E-state index in [-0.39, 0.29) is 23.5 Å². The topological polar surface area (TPSA) is 40.5 Å². The summed E-state index contributed by atoms with van der Waals surface area (Å²) in [7, 11) is 0. The first kappa shape index (κ1) is 18.6. The Hall–Kier alpha value is -1.23. The number of rotatable bonds is 3.